The van der Waals surface area contributed by atoms with Crippen molar-refractivity contribution >= 4 is 5.69 Å². The largest absolute Gasteiger partial charge is 0.418 e. The first-order chi connectivity index (χ1) is 8.32. The van der Waals surface area contributed by atoms with Gasteiger partial charge in [0.15, 0.2) is 0 Å². The molecule has 0 saturated heterocycles. The SMILES string of the molecule is CCC(N)(CC)CNc1ccccc1C(F)(F)F. The van der Waals surface area contributed by atoms with Crippen molar-refractivity contribution < 1.29 is 13.2 Å². The second-order valence-corrected chi connectivity index (χ2v) is 4.47. The predicted octanol–water partition coefficient (Wildman–Crippen LogP) is 3.63. The summed E-state index contributed by atoms with van der Waals surface area (Å²) < 4.78 is 38.3. The zero-order valence-electron chi connectivity index (χ0n) is 10.6. The normalized spacial score (nSPS) is 12.6. The van der Waals surface area contributed by atoms with Crippen LogP contribution >= 0.6 is 0 Å². The Kier molecular flexibility index (Phi) is 4.62. The van der Waals surface area contributed by atoms with Crippen LogP contribution in [0.3, 0.4) is 0 Å². The summed E-state index contributed by atoms with van der Waals surface area (Å²) in [5, 5.41) is 2.82. The first-order valence-corrected chi connectivity index (χ1v) is 6.01. The lowest BCUT2D eigenvalue weighted by atomic mass is 9.94. The van der Waals surface area contributed by atoms with Gasteiger partial charge in [0.1, 0.15) is 0 Å². The van der Waals surface area contributed by atoms with Crippen molar-refractivity contribution in [2.75, 3.05) is 11.9 Å². The fraction of sp³-hybridized carbons (Fsp3) is 0.538. The van der Waals surface area contributed by atoms with Crippen molar-refractivity contribution in [3.05, 3.63) is 29.8 Å². The summed E-state index contributed by atoms with van der Waals surface area (Å²) in [6.45, 7) is 4.19. The summed E-state index contributed by atoms with van der Waals surface area (Å²) in [6.07, 6.45) is -2.92. The lowest BCUT2D eigenvalue weighted by molar-refractivity contribution is -0.137. The van der Waals surface area contributed by atoms with Gasteiger partial charge in [-0.1, -0.05) is 26.0 Å². The number of hydrogen-bond donors (Lipinski definition) is 2. The molecule has 0 radical (unpaired) electrons. The Balaban J connectivity index is 2.86. The lowest BCUT2D eigenvalue weighted by Crippen LogP contribution is -2.45. The number of anilines is 1. The van der Waals surface area contributed by atoms with Gasteiger partial charge >= 0.3 is 6.18 Å². The first-order valence-electron chi connectivity index (χ1n) is 6.01. The third kappa shape index (κ3) is 3.63. The van der Waals surface area contributed by atoms with Gasteiger partial charge in [0.05, 0.1) is 5.56 Å². The van der Waals surface area contributed by atoms with E-state index in [0.717, 1.165) is 6.07 Å². The Morgan fingerprint density at radius 3 is 2.17 bits per heavy atom. The van der Waals surface area contributed by atoms with Crippen molar-refractivity contribution in [1.82, 2.24) is 0 Å². The van der Waals surface area contributed by atoms with Crippen molar-refractivity contribution in [2.24, 2.45) is 5.73 Å². The predicted molar refractivity (Wildman–Crippen MR) is 67.4 cm³/mol. The maximum atomic E-state index is 12.8. The Labute approximate surface area is 105 Å². The summed E-state index contributed by atoms with van der Waals surface area (Å²) >= 11 is 0. The third-order valence-corrected chi connectivity index (χ3v) is 3.27. The van der Waals surface area contributed by atoms with Crippen LogP contribution in [0, 0.1) is 0 Å². The van der Waals surface area contributed by atoms with Crippen LogP contribution in [0.25, 0.3) is 0 Å². The molecule has 1 aromatic rings. The minimum Gasteiger partial charge on any atom is -0.383 e. The molecule has 0 aliphatic rings. The van der Waals surface area contributed by atoms with E-state index in [2.05, 4.69) is 5.32 Å². The van der Waals surface area contributed by atoms with Crippen LogP contribution in [0.1, 0.15) is 32.3 Å². The number of hydrogen-bond acceptors (Lipinski definition) is 2. The van der Waals surface area contributed by atoms with Crippen LogP contribution < -0.4 is 11.1 Å². The minimum absolute atomic E-state index is 0.0849. The molecule has 2 nitrogen and oxygen atoms in total. The zero-order valence-corrected chi connectivity index (χ0v) is 10.6. The first kappa shape index (κ1) is 14.8. The van der Waals surface area contributed by atoms with Crippen molar-refractivity contribution in [2.45, 2.75) is 38.4 Å². The van der Waals surface area contributed by atoms with Gasteiger partial charge in [-0.15, -0.1) is 0 Å². The molecule has 0 bridgehead atoms. The highest BCUT2D eigenvalue weighted by Gasteiger charge is 2.33. The second kappa shape index (κ2) is 5.61. The van der Waals surface area contributed by atoms with E-state index in [0.29, 0.717) is 19.4 Å². The van der Waals surface area contributed by atoms with Gasteiger partial charge in [0.25, 0.3) is 0 Å². The van der Waals surface area contributed by atoms with Gasteiger partial charge in [0.2, 0.25) is 0 Å². The fourth-order valence-corrected chi connectivity index (χ4v) is 1.66. The summed E-state index contributed by atoms with van der Waals surface area (Å²) in [6, 6.07) is 5.45. The standard InChI is InChI=1S/C13H19F3N2/c1-3-12(17,4-2)9-18-11-8-6-5-7-10(11)13(14,15)16/h5-8,18H,3-4,9,17H2,1-2H3. The third-order valence-electron chi connectivity index (χ3n) is 3.27. The molecule has 0 spiro atoms. The quantitative estimate of drug-likeness (QED) is 0.848. The molecule has 0 unspecified atom stereocenters. The molecular weight excluding hydrogens is 241 g/mol. The van der Waals surface area contributed by atoms with E-state index in [1.165, 1.54) is 12.1 Å². The van der Waals surface area contributed by atoms with E-state index < -0.39 is 17.3 Å². The van der Waals surface area contributed by atoms with Crippen LogP contribution in [0.15, 0.2) is 24.3 Å². The monoisotopic (exact) mass is 260 g/mol. The zero-order chi connectivity index (χ0) is 13.8. The molecule has 0 aromatic heterocycles. The maximum absolute atomic E-state index is 12.8. The molecule has 0 fully saturated rings. The van der Waals surface area contributed by atoms with E-state index in [4.69, 9.17) is 5.73 Å². The molecule has 0 aliphatic heterocycles. The highest BCUT2D eigenvalue weighted by molar-refractivity contribution is 5.52. The smallest absolute Gasteiger partial charge is 0.383 e. The summed E-state index contributed by atoms with van der Waals surface area (Å²) in [5.41, 5.74) is 5.02. The number of benzene rings is 1. The molecule has 0 saturated carbocycles. The Morgan fingerprint density at radius 2 is 1.67 bits per heavy atom. The van der Waals surface area contributed by atoms with Gasteiger partial charge in [-0.05, 0) is 25.0 Å². The Hall–Kier alpha value is -1.23. The Morgan fingerprint density at radius 1 is 1.11 bits per heavy atom. The molecule has 0 amide bonds. The van der Waals surface area contributed by atoms with Crippen LogP contribution in [0.4, 0.5) is 18.9 Å². The number of alkyl halides is 3. The molecule has 0 atom stereocenters. The molecular formula is C13H19F3N2. The van der Waals surface area contributed by atoms with Crippen molar-refractivity contribution in [3.63, 3.8) is 0 Å². The van der Waals surface area contributed by atoms with Crippen molar-refractivity contribution in [3.8, 4) is 0 Å². The van der Waals surface area contributed by atoms with Crippen LogP contribution in [-0.4, -0.2) is 12.1 Å². The fourth-order valence-electron chi connectivity index (χ4n) is 1.66. The average Bonchev–Trinajstić information content (AvgIpc) is 2.35. The van der Waals surface area contributed by atoms with Gasteiger partial charge in [-0.2, -0.15) is 13.2 Å². The van der Waals surface area contributed by atoms with Crippen LogP contribution in [-0.2, 0) is 6.18 Å². The molecule has 102 valence electrons. The number of para-hydroxylation sites is 1. The molecule has 1 aromatic carbocycles. The summed E-state index contributed by atoms with van der Waals surface area (Å²) in [5.74, 6) is 0. The van der Waals surface area contributed by atoms with Gasteiger partial charge < -0.3 is 11.1 Å². The highest BCUT2D eigenvalue weighted by atomic mass is 19.4. The molecule has 0 heterocycles. The number of nitrogens with two attached hydrogens (primary N) is 1. The molecule has 3 N–H and O–H groups in total. The molecule has 18 heavy (non-hydrogen) atoms. The van der Waals surface area contributed by atoms with Crippen molar-refractivity contribution in [1.29, 1.82) is 0 Å². The topological polar surface area (TPSA) is 38.0 Å². The molecule has 1 rings (SSSR count). The van der Waals surface area contributed by atoms with Gasteiger partial charge in [-0.3, -0.25) is 0 Å². The van der Waals surface area contributed by atoms with E-state index in [-0.39, 0.29) is 5.69 Å². The number of rotatable bonds is 5. The minimum atomic E-state index is -4.35. The maximum Gasteiger partial charge on any atom is 0.418 e. The summed E-state index contributed by atoms with van der Waals surface area (Å²) in [7, 11) is 0. The molecule has 5 heteroatoms. The van der Waals surface area contributed by atoms with E-state index >= 15 is 0 Å². The van der Waals surface area contributed by atoms with E-state index in [9.17, 15) is 13.2 Å². The van der Waals surface area contributed by atoms with Gasteiger partial charge in [-0.25, -0.2) is 0 Å². The van der Waals surface area contributed by atoms with E-state index in [1.54, 1.807) is 6.07 Å². The second-order valence-electron chi connectivity index (χ2n) is 4.47. The number of nitrogens with one attached hydrogen (secondary N) is 1. The average molecular weight is 260 g/mol. The highest BCUT2D eigenvalue weighted by Crippen LogP contribution is 2.34. The van der Waals surface area contributed by atoms with Crippen LogP contribution in [0.2, 0.25) is 0 Å². The van der Waals surface area contributed by atoms with Crippen LogP contribution in [0.5, 0.6) is 0 Å². The van der Waals surface area contributed by atoms with E-state index in [1.807, 2.05) is 13.8 Å². The molecule has 0 aliphatic carbocycles. The number of halogens is 3. The van der Waals surface area contributed by atoms with Gasteiger partial charge in [0, 0.05) is 17.8 Å². The summed E-state index contributed by atoms with van der Waals surface area (Å²) in [4.78, 5) is 0. The lowest BCUT2D eigenvalue weighted by Gasteiger charge is -2.28. The Bertz CT molecular complexity index is 384.